The van der Waals surface area contributed by atoms with E-state index in [0.717, 1.165) is 28.9 Å². The molecule has 2 aromatic rings. The van der Waals surface area contributed by atoms with Crippen LogP contribution < -0.4 is 10.1 Å². The molecule has 1 aromatic heterocycles. The summed E-state index contributed by atoms with van der Waals surface area (Å²) in [6.07, 6.45) is 2.75. The van der Waals surface area contributed by atoms with E-state index in [-0.39, 0.29) is 0 Å². The molecule has 0 bridgehead atoms. The molecule has 0 saturated carbocycles. The highest BCUT2D eigenvalue weighted by Crippen LogP contribution is 2.18. The topological polar surface area (TPSA) is 34.1 Å². The van der Waals surface area contributed by atoms with Gasteiger partial charge in [-0.05, 0) is 53.0 Å². The zero-order valence-electron chi connectivity index (χ0n) is 11.8. The summed E-state index contributed by atoms with van der Waals surface area (Å²) < 4.78 is 6.38. The van der Waals surface area contributed by atoms with Crippen molar-refractivity contribution in [1.82, 2.24) is 10.3 Å². The molecule has 0 radical (unpaired) electrons. The van der Waals surface area contributed by atoms with Crippen molar-refractivity contribution in [2.24, 2.45) is 0 Å². The number of para-hydroxylation sites is 1. The molecule has 4 heteroatoms. The largest absolute Gasteiger partial charge is 0.496 e. The third-order valence-corrected chi connectivity index (χ3v) is 3.61. The molecule has 0 saturated heterocycles. The highest BCUT2D eigenvalue weighted by atomic mass is 79.9. The summed E-state index contributed by atoms with van der Waals surface area (Å²) in [6, 6.07) is 12.5. The molecule has 1 unspecified atom stereocenters. The van der Waals surface area contributed by atoms with Gasteiger partial charge in [-0.15, -0.1) is 0 Å². The Kier molecular flexibility index (Phi) is 5.56. The molecule has 106 valence electrons. The van der Waals surface area contributed by atoms with Crippen LogP contribution in [0.1, 0.15) is 18.2 Å². The van der Waals surface area contributed by atoms with Crippen molar-refractivity contribution >= 4 is 15.9 Å². The third kappa shape index (κ3) is 4.32. The summed E-state index contributed by atoms with van der Waals surface area (Å²) in [6.45, 7) is 2.94. The number of ether oxygens (including phenoxy) is 1. The van der Waals surface area contributed by atoms with Crippen LogP contribution in [-0.4, -0.2) is 18.1 Å². The van der Waals surface area contributed by atoms with E-state index in [1.165, 1.54) is 5.56 Å². The lowest BCUT2D eigenvalue weighted by Crippen LogP contribution is -2.28. The fraction of sp³-hybridized carbons (Fsp3) is 0.312. The second-order valence-corrected chi connectivity index (χ2v) is 5.68. The molecule has 1 atom stereocenters. The van der Waals surface area contributed by atoms with Crippen molar-refractivity contribution in [1.29, 1.82) is 0 Å². The molecule has 2 rings (SSSR count). The van der Waals surface area contributed by atoms with Gasteiger partial charge in [0.05, 0.1) is 12.8 Å². The molecule has 0 spiro atoms. The van der Waals surface area contributed by atoms with Crippen LogP contribution in [0, 0.1) is 0 Å². The van der Waals surface area contributed by atoms with Gasteiger partial charge in [0.25, 0.3) is 0 Å². The fourth-order valence-corrected chi connectivity index (χ4v) is 2.30. The maximum atomic E-state index is 5.38. The first-order chi connectivity index (χ1) is 9.69. The number of methoxy groups -OCH3 is 1. The number of nitrogens with zero attached hydrogens (tertiary/aromatic N) is 1. The van der Waals surface area contributed by atoms with E-state index in [4.69, 9.17) is 4.74 Å². The van der Waals surface area contributed by atoms with Crippen molar-refractivity contribution in [2.45, 2.75) is 25.9 Å². The Balaban J connectivity index is 1.89. The number of benzene rings is 1. The second kappa shape index (κ2) is 7.41. The Bertz CT molecular complexity index is 542. The lowest BCUT2D eigenvalue weighted by Gasteiger charge is -2.15. The lowest BCUT2D eigenvalue weighted by molar-refractivity contribution is 0.406. The third-order valence-electron chi connectivity index (χ3n) is 3.14. The normalized spacial score (nSPS) is 12.2. The lowest BCUT2D eigenvalue weighted by atomic mass is 10.1. The van der Waals surface area contributed by atoms with Gasteiger partial charge in [-0.2, -0.15) is 0 Å². The fourth-order valence-electron chi connectivity index (χ4n) is 2.06. The summed E-state index contributed by atoms with van der Waals surface area (Å²) in [5.41, 5.74) is 2.26. The maximum Gasteiger partial charge on any atom is 0.122 e. The summed E-state index contributed by atoms with van der Waals surface area (Å²) in [7, 11) is 1.71. The molecule has 1 aromatic carbocycles. The number of pyridine rings is 1. The molecule has 0 aliphatic heterocycles. The summed E-state index contributed by atoms with van der Waals surface area (Å²) >= 11 is 3.39. The van der Waals surface area contributed by atoms with Crippen molar-refractivity contribution in [3.8, 4) is 5.75 Å². The van der Waals surface area contributed by atoms with Gasteiger partial charge in [-0.3, -0.25) is 4.98 Å². The number of rotatable bonds is 6. The van der Waals surface area contributed by atoms with Crippen molar-refractivity contribution in [3.05, 3.63) is 58.3 Å². The molecule has 20 heavy (non-hydrogen) atoms. The molecule has 1 N–H and O–H groups in total. The van der Waals surface area contributed by atoms with Crippen LogP contribution in [0.5, 0.6) is 5.75 Å². The van der Waals surface area contributed by atoms with Crippen LogP contribution >= 0.6 is 15.9 Å². The molecular formula is C16H19BrN2O. The van der Waals surface area contributed by atoms with Crippen molar-refractivity contribution in [3.63, 3.8) is 0 Å². The van der Waals surface area contributed by atoms with Crippen LogP contribution in [0.3, 0.4) is 0 Å². The number of nitrogens with one attached hydrogen (secondary N) is 1. The Morgan fingerprint density at radius 3 is 2.75 bits per heavy atom. The Morgan fingerprint density at radius 2 is 2.05 bits per heavy atom. The van der Waals surface area contributed by atoms with Crippen LogP contribution in [0.15, 0.2) is 47.1 Å². The Morgan fingerprint density at radius 1 is 1.25 bits per heavy atom. The van der Waals surface area contributed by atoms with Gasteiger partial charge in [0.15, 0.2) is 0 Å². The number of halogens is 1. The molecule has 1 heterocycles. The molecule has 3 nitrogen and oxygen atoms in total. The van der Waals surface area contributed by atoms with Crippen LogP contribution in [0.25, 0.3) is 0 Å². The van der Waals surface area contributed by atoms with Gasteiger partial charge < -0.3 is 10.1 Å². The molecular weight excluding hydrogens is 316 g/mol. The number of hydrogen-bond donors (Lipinski definition) is 1. The first kappa shape index (κ1) is 15.0. The average Bonchev–Trinajstić information content (AvgIpc) is 2.47. The van der Waals surface area contributed by atoms with E-state index in [9.17, 15) is 0 Å². The van der Waals surface area contributed by atoms with Gasteiger partial charge in [0.2, 0.25) is 0 Å². The second-order valence-electron chi connectivity index (χ2n) is 4.77. The Hall–Kier alpha value is -1.39. The summed E-state index contributed by atoms with van der Waals surface area (Å²) in [5.74, 6) is 0.947. The van der Waals surface area contributed by atoms with E-state index in [0.29, 0.717) is 6.04 Å². The smallest absolute Gasteiger partial charge is 0.122 e. The number of hydrogen-bond acceptors (Lipinski definition) is 3. The molecule has 0 fully saturated rings. The van der Waals surface area contributed by atoms with Gasteiger partial charge in [0, 0.05) is 23.3 Å². The predicted octanol–water partition coefficient (Wildman–Crippen LogP) is 3.57. The quantitative estimate of drug-likeness (QED) is 0.876. The van der Waals surface area contributed by atoms with E-state index in [1.54, 1.807) is 7.11 Å². The minimum absolute atomic E-state index is 0.358. The molecule has 0 aliphatic rings. The average molecular weight is 335 g/mol. The summed E-state index contributed by atoms with van der Waals surface area (Å²) in [5, 5.41) is 3.48. The van der Waals surface area contributed by atoms with Crippen LogP contribution in [0.2, 0.25) is 0 Å². The van der Waals surface area contributed by atoms with Gasteiger partial charge in [0.1, 0.15) is 5.75 Å². The predicted molar refractivity (Wildman–Crippen MR) is 84.9 cm³/mol. The van der Waals surface area contributed by atoms with Crippen LogP contribution in [0.4, 0.5) is 0 Å². The number of aromatic nitrogens is 1. The zero-order chi connectivity index (χ0) is 14.4. The van der Waals surface area contributed by atoms with E-state index in [1.807, 2.05) is 36.5 Å². The molecule has 0 aliphatic carbocycles. The standard InChI is InChI=1S/C16H19BrN2O/c1-12(9-13-5-3-4-6-16(13)20-2)18-11-15-8-7-14(17)10-19-15/h3-8,10,12,18H,9,11H2,1-2H3. The van der Waals surface area contributed by atoms with Crippen molar-refractivity contribution in [2.75, 3.05) is 7.11 Å². The minimum Gasteiger partial charge on any atom is -0.496 e. The Labute approximate surface area is 128 Å². The zero-order valence-corrected chi connectivity index (χ0v) is 13.4. The van der Waals surface area contributed by atoms with E-state index in [2.05, 4.69) is 39.2 Å². The van der Waals surface area contributed by atoms with Crippen LogP contribution in [-0.2, 0) is 13.0 Å². The summed E-state index contributed by atoms with van der Waals surface area (Å²) in [4.78, 5) is 4.36. The SMILES string of the molecule is COc1ccccc1CC(C)NCc1ccc(Br)cn1. The maximum absolute atomic E-state index is 5.38. The van der Waals surface area contributed by atoms with Crippen molar-refractivity contribution < 1.29 is 4.74 Å². The van der Waals surface area contributed by atoms with E-state index < -0.39 is 0 Å². The first-order valence-corrected chi connectivity index (χ1v) is 7.44. The first-order valence-electron chi connectivity index (χ1n) is 6.64. The highest BCUT2D eigenvalue weighted by Gasteiger charge is 2.07. The van der Waals surface area contributed by atoms with Gasteiger partial charge >= 0.3 is 0 Å². The monoisotopic (exact) mass is 334 g/mol. The van der Waals surface area contributed by atoms with E-state index >= 15 is 0 Å². The highest BCUT2D eigenvalue weighted by molar-refractivity contribution is 9.10. The molecule has 0 amide bonds. The van der Waals surface area contributed by atoms with Gasteiger partial charge in [-0.25, -0.2) is 0 Å². The van der Waals surface area contributed by atoms with Gasteiger partial charge in [-0.1, -0.05) is 18.2 Å². The minimum atomic E-state index is 0.358.